The molecule has 6 nitrogen and oxygen atoms in total. The van der Waals surface area contributed by atoms with Gasteiger partial charge in [0.1, 0.15) is 0 Å². The largest absolute Gasteiger partial charge is 0.323 e. The normalized spacial score (nSPS) is 12.2. The monoisotopic (exact) mass is 409 g/mol. The lowest BCUT2D eigenvalue weighted by Gasteiger charge is -2.15. The minimum Gasteiger partial charge on any atom is -0.308 e. The summed E-state index contributed by atoms with van der Waals surface area (Å²) in [5, 5.41) is 5.49. The molecule has 1 unspecified atom stereocenters. The van der Waals surface area contributed by atoms with Crippen molar-refractivity contribution in [1.29, 1.82) is 0 Å². The van der Waals surface area contributed by atoms with E-state index in [4.69, 9.17) is 0 Å². The summed E-state index contributed by atoms with van der Waals surface area (Å²) in [6, 6.07) is 22.1. The summed E-state index contributed by atoms with van der Waals surface area (Å²) in [4.78, 5) is 12.3. The maximum absolute atomic E-state index is 12.5. The van der Waals surface area contributed by atoms with Crippen LogP contribution in [0.4, 0.5) is 16.2 Å². The van der Waals surface area contributed by atoms with Crippen molar-refractivity contribution < 1.29 is 13.2 Å². The molecule has 3 aromatic carbocycles. The van der Waals surface area contributed by atoms with Gasteiger partial charge in [0.15, 0.2) is 0 Å². The molecule has 3 N–H and O–H groups in total. The van der Waals surface area contributed by atoms with Crippen LogP contribution >= 0.6 is 0 Å². The number of nitrogens with one attached hydrogen (secondary N) is 3. The molecule has 0 aliphatic rings. The van der Waals surface area contributed by atoms with Crippen LogP contribution in [0.5, 0.6) is 0 Å². The fourth-order valence-corrected chi connectivity index (χ4v) is 3.99. The molecule has 0 fully saturated rings. The minimum atomic E-state index is -3.62. The Bertz CT molecular complexity index is 1060. The second kappa shape index (κ2) is 8.89. The van der Waals surface area contributed by atoms with Crippen LogP contribution in [0, 0.1) is 6.92 Å². The first-order chi connectivity index (χ1) is 13.8. The van der Waals surface area contributed by atoms with Crippen molar-refractivity contribution in [3.05, 3.63) is 90.0 Å². The topological polar surface area (TPSA) is 87.3 Å². The molecule has 0 saturated carbocycles. The van der Waals surface area contributed by atoms with Gasteiger partial charge in [-0.05, 0) is 55.8 Å². The van der Waals surface area contributed by atoms with Crippen molar-refractivity contribution in [2.45, 2.75) is 24.8 Å². The van der Waals surface area contributed by atoms with Gasteiger partial charge < -0.3 is 10.6 Å². The van der Waals surface area contributed by atoms with E-state index in [1.54, 1.807) is 67.6 Å². The first-order valence-electron chi connectivity index (χ1n) is 9.15. The van der Waals surface area contributed by atoms with Gasteiger partial charge in [-0.25, -0.2) is 17.9 Å². The average molecular weight is 410 g/mol. The predicted octanol–water partition coefficient (Wildman–Crippen LogP) is 4.68. The quantitative estimate of drug-likeness (QED) is 0.552. The molecule has 0 aliphatic carbocycles. The van der Waals surface area contributed by atoms with Crippen LogP contribution in [0.2, 0.25) is 0 Å². The molecule has 0 saturated heterocycles. The Morgan fingerprint density at radius 3 is 1.93 bits per heavy atom. The van der Waals surface area contributed by atoms with Gasteiger partial charge in [-0.1, -0.05) is 48.0 Å². The number of rotatable bonds is 6. The molecule has 3 rings (SSSR count). The number of anilines is 2. The maximum atomic E-state index is 12.5. The van der Waals surface area contributed by atoms with Crippen molar-refractivity contribution in [2.24, 2.45) is 0 Å². The Kier molecular flexibility index (Phi) is 6.31. The lowest BCUT2D eigenvalue weighted by atomic mass is 10.1. The first kappa shape index (κ1) is 20.6. The first-order valence-corrected chi connectivity index (χ1v) is 10.6. The van der Waals surface area contributed by atoms with Crippen LogP contribution in [0.1, 0.15) is 24.1 Å². The molecule has 0 aromatic heterocycles. The van der Waals surface area contributed by atoms with E-state index in [1.807, 2.05) is 25.1 Å². The zero-order valence-electron chi connectivity index (χ0n) is 16.2. The van der Waals surface area contributed by atoms with Gasteiger partial charge in [-0.3, -0.25) is 0 Å². The fraction of sp³-hybridized carbons (Fsp3) is 0.136. The Morgan fingerprint density at radius 2 is 1.34 bits per heavy atom. The highest BCUT2D eigenvalue weighted by atomic mass is 32.2. The van der Waals surface area contributed by atoms with Crippen LogP contribution < -0.4 is 15.4 Å². The van der Waals surface area contributed by atoms with Crippen LogP contribution in [-0.4, -0.2) is 14.4 Å². The molecule has 0 spiro atoms. The third-order valence-electron chi connectivity index (χ3n) is 4.36. The van der Waals surface area contributed by atoms with Gasteiger partial charge in [-0.2, -0.15) is 0 Å². The molecule has 0 radical (unpaired) electrons. The van der Waals surface area contributed by atoms with E-state index in [2.05, 4.69) is 15.4 Å². The molecule has 3 aromatic rings. The molecule has 0 aliphatic heterocycles. The van der Waals surface area contributed by atoms with Gasteiger partial charge in [0, 0.05) is 17.4 Å². The minimum absolute atomic E-state index is 0.228. The lowest BCUT2D eigenvalue weighted by Crippen LogP contribution is -2.27. The van der Waals surface area contributed by atoms with E-state index >= 15 is 0 Å². The summed E-state index contributed by atoms with van der Waals surface area (Å²) in [6.07, 6.45) is 0. The van der Waals surface area contributed by atoms with E-state index in [0.29, 0.717) is 11.4 Å². The van der Waals surface area contributed by atoms with E-state index in [0.717, 1.165) is 11.1 Å². The van der Waals surface area contributed by atoms with Crippen molar-refractivity contribution in [2.75, 3.05) is 10.6 Å². The summed E-state index contributed by atoms with van der Waals surface area (Å²) in [6.45, 7) is 3.68. The number of urea groups is 1. The van der Waals surface area contributed by atoms with Gasteiger partial charge in [-0.15, -0.1) is 0 Å². The number of sulfonamides is 1. The van der Waals surface area contributed by atoms with E-state index in [1.165, 1.54) is 0 Å². The summed E-state index contributed by atoms with van der Waals surface area (Å²) in [7, 11) is -3.62. The Morgan fingerprint density at radius 1 is 0.793 bits per heavy atom. The standard InChI is InChI=1S/C22H23N3O3S/c1-16-8-14-21(15-9-16)29(27,28)25-17(2)18-10-12-20(13-11-18)24-22(26)23-19-6-4-3-5-7-19/h3-15,17,25H,1-2H3,(H2,23,24,26). The van der Waals surface area contributed by atoms with Crippen LogP contribution in [-0.2, 0) is 10.0 Å². The number of aryl methyl sites for hydroxylation is 1. The van der Waals surface area contributed by atoms with Crippen molar-refractivity contribution in [3.8, 4) is 0 Å². The summed E-state index contributed by atoms with van der Waals surface area (Å²) < 4.78 is 27.7. The van der Waals surface area contributed by atoms with E-state index in [-0.39, 0.29) is 10.9 Å². The Hall–Kier alpha value is -3.16. The molecule has 0 bridgehead atoms. The Labute approximate surface area is 171 Å². The number of hydrogen-bond acceptors (Lipinski definition) is 3. The van der Waals surface area contributed by atoms with Crippen molar-refractivity contribution >= 4 is 27.4 Å². The van der Waals surface area contributed by atoms with Crippen LogP contribution in [0.3, 0.4) is 0 Å². The number of carbonyl (C=O) groups excluding carboxylic acids is 1. The van der Waals surface area contributed by atoms with E-state index < -0.39 is 16.1 Å². The molecular formula is C22H23N3O3S. The highest BCUT2D eigenvalue weighted by Gasteiger charge is 2.18. The lowest BCUT2D eigenvalue weighted by molar-refractivity contribution is 0.262. The molecule has 150 valence electrons. The number of hydrogen-bond donors (Lipinski definition) is 3. The molecule has 1 atom stereocenters. The van der Waals surface area contributed by atoms with Crippen LogP contribution in [0.25, 0.3) is 0 Å². The molecule has 2 amide bonds. The highest BCUT2D eigenvalue weighted by Crippen LogP contribution is 2.19. The molecule has 29 heavy (non-hydrogen) atoms. The summed E-state index contributed by atoms with van der Waals surface area (Å²) >= 11 is 0. The summed E-state index contributed by atoms with van der Waals surface area (Å²) in [5.41, 5.74) is 3.09. The SMILES string of the molecule is Cc1ccc(S(=O)(=O)NC(C)c2ccc(NC(=O)Nc3ccccc3)cc2)cc1. The summed E-state index contributed by atoms with van der Waals surface area (Å²) in [5.74, 6) is 0. The average Bonchev–Trinajstić information content (AvgIpc) is 2.69. The third-order valence-corrected chi connectivity index (χ3v) is 5.92. The number of carbonyl (C=O) groups is 1. The van der Waals surface area contributed by atoms with Gasteiger partial charge >= 0.3 is 6.03 Å². The highest BCUT2D eigenvalue weighted by molar-refractivity contribution is 7.89. The fourth-order valence-electron chi connectivity index (χ4n) is 2.76. The molecular weight excluding hydrogens is 386 g/mol. The van der Waals surface area contributed by atoms with Gasteiger partial charge in [0.2, 0.25) is 10.0 Å². The molecule has 7 heteroatoms. The zero-order valence-corrected chi connectivity index (χ0v) is 17.0. The number of para-hydroxylation sites is 1. The van der Waals surface area contributed by atoms with Crippen molar-refractivity contribution in [1.82, 2.24) is 4.72 Å². The van der Waals surface area contributed by atoms with Gasteiger partial charge in [0.25, 0.3) is 0 Å². The molecule has 0 heterocycles. The third kappa shape index (κ3) is 5.66. The van der Waals surface area contributed by atoms with Crippen molar-refractivity contribution in [3.63, 3.8) is 0 Å². The number of benzene rings is 3. The zero-order chi connectivity index (χ0) is 20.9. The van der Waals surface area contributed by atoms with Gasteiger partial charge in [0.05, 0.1) is 4.90 Å². The maximum Gasteiger partial charge on any atom is 0.323 e. The smallest absolute Gasteiger partial charge is 0.308 e. The van der Waals surface area contributed by atoms with Crippen LogP contribution in [0.15, 0.2) is 83.8 Å². The second-order valence-electron chi connectivity index (χ2n) is 6.72. The second-order valence-corrected chi connectivity index (χ2v) is 8.44. The number of amides is 2. The predicted molar refractivity (Wildman–Crippen MR) is 115 cm³/mol. The van der Waals surface area contributed by atoms with E-state index in [9.17, 15) is 13.2 Å². The Balaban J connectivity index is 1.61.